The van der Waals surface area contributed by atoms with Crippen molar-refractivity contribution in [2.45, 2.75) is 37.4 Å². The maximum atomic E-state index is 12.3. The lowest BCUT2D eigenvalue weighted by Gasteiger charge is -2.16. The van der Waals surface area contributed by atoms with Crippen molar-refractivity contribution in [1.82, 2.24) is 24.8 Å². The first-order valence-corrected chi connectivity index (χ1v) is 10.1. The van der Waals surface area contributed by atoms with Crippen LogP contribution in [0.1, 0.15) is 29.4 Å². The Hall–Kier alpha value is -4.08. The van der Waals surface area contributed by atoms with Gasteiger partial charge in [0.25, 0.3) is 11.6 Å². The minimum atomic E-state index is -1.28. The zero-order valence-electron chi connectivity index (χ0n) is 17.5. The number of aromatic nitrogens is 4. The highest BCUT2D eigenvalue weighted by molar-refractivity contribution is 5.98. The number of non-ortho nitro benzene ring substituents is 1. The number of carbonyl (C=O) groups is 1. The zero-order chi connectivity index (χ0) is 24.6. The number of fused-ring (bicyclic) bond motifs is 1. The van der Waals surface area contributed by atoms with Gasteiger partial charge in [0.1, 0.15) is 24.1 Å². The van der Waals surface area contributed by atoms with E-state index in [0.29, 0.717) is 17.6 Å². The van der Waals surface area contributed by atoms with Gasteiger partial charge < -0.3 is 36.2 Å². The first kappa shape index (κ1) is 23.1. The fourth-order valence-electron chi connectivity index (χ4n) is 3.74. The van der Waals surface area contributed by atoms with Crippen molar-refractivity contribution in [3.63, 3.8) is 0 Å². The molecular formula is C19H21N7O8. The molecule has 0 bridgehead atoms. The molecule has 1 amide bonds. The Balaban J connectivity index is 1.36. The Morgan fingerprint density at radius 1 is 1.24 bits per heavy atom. The van der Waals surface area contributed by atoms with E-state index in [1.165, 1.54) is 17.2 Å². The summed E-state index contributed by atoms with van der Waals surface area (Å²) in [4.78, 5) is 34.5. The number of nitrogens with one attached hydrogen (secondary N) is 1. The van der Waals surface area contributed by atoms with E-state index in [9.17, 15) is 35.3 Å². The normalized spacial score (nSPS) is 22.2. The maximum Gasteiger partial charge on any atom is 0.274 e. The van der Waals surface area contributed by atoms with Crippen LogP contribution >= 0.6 is 0 Å². The van der Waals surface area contributed by atoms with Crippen molar-refractivity contribution >= 4 is 28.6 Å². The molecule has 1 saturated heterocycles. The molecule has 1 aliphatic rings. The van der Waals surface area contributed by atoms with Crippen LogP contribution in [0.4, 0.5) is 11.5 Å². The summed E-state index contributed by atoms with van der Waals surface area (Å²) in [6, 6.07) is 1.58. The number of aromatic hydroxyl groups is 2. The van der Waals surface area contributed by atoms with E-state index in [1.54, 1.807) is 0 Å². The summed E-state index contributed by atoms with van der Waals surface area (Å²) in [5.74, 6) is -2.24. The molecule has 0 unspecified atom stereocenters. The molecule has 1 fully saturated rings. The Morgan fingerprint density at radius 2 is 2.00 bits per heavy atom. The molecule has 15 heteroatoms. The highest BCUT2D eigenvalue weighted by Gasteiger charge is 2.43. The van der Waals surface area contributed by atoms with Gasteiger partial charge in [-0.15, -0.1) is 0 Å². The number of benzene rings is 1. The number of carbonyl (C=O) groups excluding carboxylic acids is 1. The van der Waals surface area contributed by atoms with Crippen molar-refractivity contribution < 1.29 is 34.9 Å². The van der Waals surface area contributed by atoms with E-state index in [1.807, 2.05) is 0 Å². The number of nitrogen functional groups attached to an aromatic ring is 1. The van der Waals surface area contributed by atoms with Crippen LogP contribution in [0.3, 0.4) is 0 Å². The predicted octanol–water partition coefficient (Wildman–Crippen LogP) is -0.443. The lowest BCUT2D eigenvalue weighted by Crippen LogP contribution is -2.32. The summed E-state index contributed by atoms with van der Waals surface area (Å²) in [5.41, 5.74) is 5.42. The third-order valence-electron chi connectivity index (χ3n) is 5.48. The predicted molar refractivity (Wildman–Crippen MR) is 114 cm³/mol. The largest absolute Gasteiger partial charge is 0.504 e. The Morgan fingerprint density at radius 3 is 2.74 bits per heavy atom. The van der Waals surface area contributed by atoms with E-state index >= 15 is 0 Å². The number of nitro groups is 1. The number of anilines is 1. The number of nitrogens with two attached hydrogens (primary N) is 1. The molecule has 0 aliphatic carbocycles. The van der Waals surface area contributed by atoms with Crippen molar-refractivity contribution in [1.29, 1.82) is 0 Å². The van der Waals surface area contributed by atoms with Crippen LogP contribution in [0.15, 0.2) is 24.8 Å². The molecule has 7 N–H and O–H groups in total. The molecule has 3 aromatic rings. The van der Waals surface area contributed by atoms with E-state index in [-0.39, 0.29) is 18.8 Å². The van der Waals surface area contributed by atoms with Crippen molar-refractivity contribution in [3.05, 3.63) is 40.5 Å². The van der Waals surface area contributed by atoms with Crippen molar-refractivity contribution in [2.24, 2.45) is 0 Å². The van der Waals surface area contributed by atoms with Gasteiger partial charge in [0.05, 0.1) is 29.0 Å². The quantitative estimate of drug-likeness (QED) is 0.110. The summed E-state index contributed by atoms with van der Waals surface area (Å²) in [6.07, 6.45) is -1.10. The van der Waals surface area contributed by atoms with Crippen molar-refractivity contribution in [3.8, 4) is 11.5 Å². The van der Waals surface area contributed by atoms with Crippen LogP contribution in [-0.4, -0.2) is 75.6 Å². The topological polar surface area (TPSA) is 232 Å². The Bertz CT molecular complexity index is 1250. The number of aliphatic hydroxyl groups excluding tert-OH is 2. The molecule has 0 saturated carbocycles. The van der Waals surface area contributed by atoms with Gasteiger partial charge in [0.15, 0.2) is 29.2 Å². The van der Waals surface area contributed by atoms with Crippen LogP contribution in [0, 0.1) is 10.1 Å². The monoisotopic (exact) mass is 475 g/mol. The van der Waals surface area contributed by atoms with Gasteiger partial charge in [0.2, 0.25) is 0 Å². The molecule has 4 rings (SSSR count). The highest BCUT2D eigenvalue weighted by Crippen LogP contribution is 2.35. The number of phenolic OH excluding ortho intramolecular Hbond substituents is 2. The first-order chi connectivity index (χ1) is 16.2. The molecule has 15 nitrogen and oxygen atoms in total. The highest BCUT2D eigenvalue weighted by atomic mass is 16.6. The average molecular weight is 475 g/mol. The second kappa shape index (κ2) is 9.05. The van der Waals surface area contributed by atoms with E-state index in [4.69, 9.17) is 10.5 Å². The van der Waals surface area contributed by atoms with Crippen LogP contribution in [0.25, 0.3) is 11.2 Å². The molecule has 4 atom stereocenters. The average Bonchev–Trinajstić information content (AvgIpc) is 3.35. The second-order valence-corrected chi connectivity index (χ2v) is 7.65. The number of rotatable bonds is 7. The van der Waals surface area contributed by atoms with Gasteiger partial charge in [-0.3, -0.25) is 19.5 Å². The third kappa shape index (κ3) is 4.14. The molecule has 0 radical (unpaired) electrons. The Labute approximate surface area is 190 Å². The summed E-state index contributed by atoms with van der Waals surface area (Å²) in [7, 11) is 0. The number of hydrogen-bond acceptors (Lipinski definition) is 12. The molecule has 2 aromatic heterocycles. The third-order valence-corrected chi connectivity index (χ3v) is 5.48. The molecule has 1 aliphatic heterocycles. The van der Waals surface area contributed by atoms with Crippen LogP contribution in [-0.2, 0) is 4.74 Å². The van der Waals surface area contributed by atoms with Gasteiger partial charge >= 0.3 is 0 Å². The van der Waals surface area contributed by atoms with Crippen LogP contribution in [0.2, 0.25) is 0 Å². The van der Waals surface area contributed by atoms with Gasteiger partial charge in [-0.25, -0.2) is 15.0 Å². The number of aliphatic hydroxyl groups is 2. The van der Waals surface area contributed by atoms with E-state index in [2.05, 4.69) is 20.3 Å². The lowest BCUT2D eigenvalue weighted by atomic mass is 10.1. The van der Waals surface area contributed by atoms with Gasteiger partial charge in [-0.2, -0.15) is 0 Å². The molecular weight excluding hydrogens is 454 g/mol. The fourth-order valence-corrected chi connectivity index (χ4v) is 3.74. The van der Waals surface area contributed by atoms with Gasteiger partial charge in [0, 0.05) is 12.6 Å². The molecule has 180 valence electrons. The number of ether oxygens (including phenoxy) is 1. The number of nitro benzene ring substituents is 1. The zero-order valence-corrected chi connectivity index (χ0v) is 17.5. The standard InChI is InChI=1S/C19H21N7O8/c20-16-12-17(23-6-22-16)25(7-24-12)19-15(30)14(29)11(34-19)2-1-3-21-18(31)9-4-8(26(32)33)5-10(27)13(9)28/h4-7,11,14-15,19,27-30H,1-3H2,(H,21,31)(H2,20,22,23)/t11-,14-,15-,19-/m1/s1. The molecule has 1 aromatic carbocycles. The number of hydrogen-bond donors (Lipinski definition) is 6. The van der Waals surface area contributed by atoms with Gasteiger partial charge in [-0.05, 0) is 12.8 Å². The number of phenols is 2. The second-order valence-electron chi connectivity index (χ2n) is 7.65. The van der Waals surface area contributed by atoms with Gasteiger partial charge in [-0.1, -0.05) is 0 Å². The fraction of sp³-hybridized carbons (Fsp3) is 0.368. The number of amides is 1. The van der Waals surface area contributed by atoms with E-state index in [0.717, 1.165) is 12.1 Å². The first-order valence-electron chi connectivity index (χ1n) is 10.1. The summed E-state index contributed by atoms with van der Waals surface area (Å²) < 4.78 is 7.25. The SMILES string of the molecule is Nc1ncnc2c1ncn2[C@@H]1O[C@H](CCCNC(=O)c2cc([N+](=O)[O-])cc(O)c2O)[C@@H](O)[C@H]1O. The smallest absolute Gasteiger partial charge is 0.274 e. The molecule has 3 heterocycles. The minimum Gasteiger partial charge on any atom is -0.504 e. The number of imidazole rings is 1. The van der Waals surface area contributed by atoms with Crippen LogP contribution in [0.5, 0.6) is 11.5 Å². The lowest BCUT2D eigenvalue weighted by molar-refractivity contribution is -0.385. The minimum absolute atomic E-state index is 0.0623. The van der Waals surface area contributed by atoms with E-state index < -0.39 is 58.1 Å². The summed E-state index contributed by atoms with van der Waals surface area (Å²) >= 11 is 0. The maximum absolute atomic E-state index is 12.3. The molecule has 0 spiro atoms. The van der Waals surface area contributed by atoms with Crippen molar-refractivity contribution in [2.75, 3.05) is 12.3 Å². The summed E-state index contributed by atoms with van der Waals surface area (Å²) in [6.45, 7) is 0.0623. The molecule has 34 heavy (non-hydrogen) atoms. The summed E-state index contributed by atoms with van der Waals surface area (Å²) in [5, 5.41) is 53.7. The Kier molecular flexibility index (Phi) is 6.14. The number of nitrogens with zero attached hydrogens (tertiary/aromatic N) is 5. The van der Waals surface area contributed by atoms with Crippen LogP contribution < -0.4 is 11.1 Å².